The predicted molar refractivity (Wildman–Crippen MR) is 71.5 cm³/mol. The van der Waals surface area contributed by atoms with Gasteiger partial charge < -0.3 is 10.6 Å². The molecule has 0 heterocycles. The van der Waals surface area contributed by atoms with Crippen molar-refractivity contribution in [1.82, 2.24) is 5.32 Å². The number of hydrogen-bond donors (Lipinski definition) is 1. The Kier molecular flexibility index (Phi) is 11.0. The van der Waals surface area contributed by atoms with Crippen LogP contribution in [0.1, 0.15) is 29.8 Å². The van der Waals surface area contributed by atoms with Crippen molar-refractivity contribution in [1.29, 1.82) is 0 Å². The minimum atomic E-state index is -0.164. The van der Waals surface area contributed by atoms with Gasteiger partial charge in [0.1, 0.15) is 0 Å². The van der Waals surface area contributed by atoms with Crippen LogP contribution in [0, 0.1) is 0 Å². The molecule has 0 aliphatic heterocycles. The van der Waals surface area contributed by atoms with Gasteiger partial charge in [-0.3, -0.25) is 9.83 Å². The topological polar surface area (TPSA) is 70.6 Å². The Morgan fingerprint density at radius 3 is 2.80 bits per heavy atom. The molecule has 1 aromatic carbocycles. The van der Waals surface area contributed by atoms with Crippen molar-refractivity contribution in [2.45, 2.75) is 31.2 Å². The molecular formula is C12H15ClNNaO4S. The SMILES string of the molecule is CCc1cc(SOO[O-])ccc1C(=O)NC(C)CCl.[Na+]. The summed E-state index contributed by atoms with van der Waals surface area (Å²) < 4.78 is 4.24. The largest absolute Gasteiger partial charge is 1.00 e. The van der Waals surface area contributed by atoms with Gasteiger partial charge in [0.2, 0.25) is 0 Å². The van der Waals surface area contributed by atoms with Crippen LogP contribution in [0.5, 0.6) is 0 Å². The molecule has 0 saturated carbocycles. The quantitative estimate of drug-likeness (QED) is 0.225. The molecule has 1 N–H and O–H groups in total. The average molecular weight is 328 g/mol. The monoisotopic (exact) mass is 327 g/mol. The molecule has 1 unspecified atom stereocenters. The summed E-state index contributed by atoms with van der Waals surface area (Å²) in [5.41, 5.74) is 1.45. The zero-order valence-electron chi connectivity index (χ0n) is 11.6. The number of benzene rings is 1. The third kappa shape index (κ3) is 6.32. The van der Waals surface area contributed by atoms with E-state index in [0.717, 1.165) is 17.6 Å². The van der Waals surface area contributed by atoms with Gasteiger partial charge in [-0.2, -0.15) is 4.33 Å². The minimum absolute atomic E-state index is 0. The molecule has 0 aliphatic rings. The predicted octanol–water partition coefficient (Wildman–Crippen LogP) is -1.16. The van der Waals surface area contributed by atoms with E-state index in [1.54, 1.807) is 18.2 Å². The van der Waals surface area contributed by atoms with Crippen LogP contribution in [-0.2, 0) is 15.8 Å². The van der Waals surface area contributed by atoms with Gasteiger partial charge in [-0.15, -0.1) is 11.6 Å². The van der Waals surface area contributed by atoms with Crippen molar-refractivity contribution in [3.63, 3.8) is 0 Å². The van der Waals surface area contributed by atoms with E-state index in [1.165, 1.54) is 0 Å². The molecule has 106 valence electrons. The van der Waals surface area contributed by atoms with Crippen LogP contribution in [0.25, 0.3) is 0 Å². The van der Waals surface area contributed by atoms with Gasteiger partial charge in [-0.25, -0.2) is 0 Å². The molecule has 1 amide bonds. The molecule has 20 heavy (non-hydrogen) atoms. The first-order valence-electron chi connectivity index (χ1n) is 5.75. The molecule has 0 bridgehead atoms. The van der Waals surface area contributed by atoms with Crippen molar-refractivity contribution in [3.05, 3.63) is 29.3 Å². The van der Waals surface area contributed by atoms with Crippen molar-refractivity contribution < 1.29 is 49.0 Å². The van der Waals surface area contributed by atoms with E-state index in [-0.39, 0.29) is 41.5 Å². The Balaban J connectivity index is 0.00000361. The summed E-state index contributed by atoms with van der Waals surface area (Å²) >= 11 is 6.46. The first-order valence-corrected chi connectivity index (χ1v) is 7.02. The second kappa shape index (κ2) is 10.9. The standard InChI is InChI=1S/C12H16ClNO4S.Na/c1-3-9-6-10(19-18-17-16)4-5-11(9)12(15)14-8(2)7-13;/h4-6,8,16H,3,7H2,1-2H3,(H,14,15);/q;+1/p-1. The van der Waals surface area contributed by atoms with Crippen LogP contribution >= 0.6 is 23.6 Å². The molecule has 0 fully saturated rings. The summed E-state index contributed by atoms with van der Waals surface area (Å²) in [5, 5.41) is 15.9. The number of carbonyl (C=O) groups is 1. The van der Waals surface area contributed by atoms with E-state index in [1.807, 2.05) is 13.8 Å². The third-order valence-corrected chi connectivity index (χ3v) is 3.50. The molecule has 0 saturated heterocycles. The molecule has 0 aromatic heterocycles. The minimum Gasteiger partial charge on any atom is -0.691 e. The molecule has 5 nitrogen and oxygen atoms in total. The van der Waals surface area contributed by atoms with Crippen molar-refractivity contribution in [3.8, 4) is 0 Å². The summed E-state index contributed by atoms with van der Waals surface area (Å²) in [4.78, 5) is 12.7. The van der Waals surface area contributed by atoms with E-state index in [0.29, 0.717) is 22.8 Å². The maximum atomic E-state index is 12.0. The van der Waals surface area contributed by atoms with E-state index in [4.69, 9.17) is 11.6 Å². The van der Waals surface area contributed by atoms with Gasteiger partial charge in [0, 0.05) is 22.4 Å². The number of nitrogens with one attached hydrogen (secondary N) is 1. The van der Waals surface area contributed by atoms with Gasteiger partial charge in [-0.1, -0.05) is 6.92 Å². The van der Waals surface area contributed by atoms with Gasteiger partial charge in [0.05, 0.1) is 12.0 Å². The number of hydrogen-bond acceptors (Lipinski definition) is 5. The molecule has 1 atom stereocenters. The Bertz CT molecular complexity index is 436. The van der Waals surface area contributed by atoms with E-state index in [9.17, 15) is 10.1 Å². The summed E-state index contributed by atoms with van der Waals surface area (Å²) in [6.45, 7) is 3.77. The summed E-state index contributed by atoms with van der Waals surface area (Å²) in [7, 11) is 0. The number of alkyl halides is 1. The van der Waals surface area contributed by atoms with Gasteiger partial charge in [-0.05, 0) is 37.1 Å². The van der Waals surface area contributed by atoms with Crippen LogP contribution in [0.4, 0.5) is 0 Å². The van der Waals surface area contributed by atoms with Gasteiger partial charge in [0.25, 0.3) is 5.91 Å². The van der Waals surface area contributed by atoms with Crippen molar-refractivity contribution in [2.75, 3.05) is 5.88 Å². The van der Waals surface area contributed by atoms with Crippen molar-refractivity contribution in [2.24, 2.45) is 0 Å². The maximum absolute atomic E-state index is 12.0. The summed E-state index contributed by atoms with van der Waals surface area (Å²) in [6.07, 6.45) is 0.685. The fourth-order valence-electron chi connectivity index (χ4n) is 1.53. The second-order valence-corrected chi connectivity index (χ2v) is 5.00. The fraction of sp³-hybridized carbons (Fsp3) is 0.417. The molecule has 1 rings (SSSR count). The zero-order valence-corrected chi connectivity index (χ0v) is 15.2. The zero-order chi connectivity index (χ0) is 14.3. The average Bonchev–Trinajstić information content (AvgIpc) is 2.44. The Labute approximate surface area is 149 Å². The molecule has 1 aromatic rings. The normalized spacial score (nSPS) is 11.6. The van der Waals surface area contributed by atoms with Crippen molar-refractivity contribution >= 4 is 29.6 Å². The number of carbonyl (C=O) groups excluding carboxylic acids is 1. The summed E-state index contributed by atoms with van der Waals surface area (Å²) in [6, 6.07) is 5.06. The molecule has 8 heteroatoms. The third-order valence-electron chi connectivity index (χ3n) is 2.47. The van der Waals surface area contributed by atoms with Gasteiger partial charge >= 0.3 is 29.6 Å². The Morgan fingerprint density at radius 2 is 2.25 bits per heavy atom. The van der Waals surface area contributed by atoms with Crippen LogP contribution in [-0.4, -0.2) is 17.8 Å². The second-order valence-electron chi connectivity index (χ2n) is 3.92. The fourth-order valence-corrected chi connectivity index (χ4v) is 2.03. The number of aryl methyl sites for hydroxylation is 1. The number of halogens is 1. The van der Waals surface area contributed by atoms with Crippen LogP contribution in [0.15, 0.2) is 23.1 Å². The maximum Gasteiger partial charge on any atom is 1.00 e. The summed E-state index contributed by atoms with van der Waals surface area (Å²) in [5.74, 6) is 0.193. The van der Waals surface area contributed by atoms with E-state index >= 15 is 0 Å². The molecule has 0 radical (unpaired) electrons. The number of amides is 1. The van der Waals surface area contributed by atoms with E-state index < -0.39 is 0 Å². The Hall–Kier alpha value is 0.210. The van der Waals surface area contributed by atoms with Gasteiger partial charge in [0.15, 0.2) is 0 Å². The van der Waals surface area contributed by atoms with Crippen LogP contribution < -0.4 is 40.1 Å². The Morgan fingerprint density at radius 1 is 1.55 bits per heavy atom. The van der Waals surface area contributed by atoms with E-state index in [2.05, 4.69) is 14.7 Å². The first-order chi connectivity index (χ1) is 9.12. The number of rotatable bonds is 7. The smallest absolute Gasteiger partial charge is 0.691 e. The van der Waals surface area contributed by atoms with Crippen LogP contribution in [0.2, 0.25) is 0 Å². The molecule has 0 aliphatic carbocycles. The molecular weight excluding hydrogens is 313 g/mol. The van der Waals surface area contributed by atoms with Crippen LogP contribution in [0.3, 0.4) is 0 Å². The molecule has 0 spiro atoms. The first kappa shape index (κ1) is 20.2.